The lowest BCUT2D eigenvalue weighted by Crippen LogP contribution is -2.15. The van der Waals surface area contributed by atoms with Gasteiger partial charge in [0.1, 0.15) is 13.2 Å². The summed E-state index contributed by atoms with van der Waals surface area (Å²) in [5.74, 6) is 2.27. The maximum atomic E-state index is 6.04. The van der Waals surface area contributed by atoms with E-state index in [0.717, 1.165) is 33.5 Å². The van der Waals surface area contributed by atoms with Crippen molar-refractivity contribution in [1.82, 2.24) is 4.98 Å². The molecule has 2 aromatic rings. The number of aromatic nitrogens is 1. The highest BCUT2D eigenvalue weighted by Gasteiger charge is 2.14. The number of nitrogens with two attached hydrogens (primary N) is 1. The van der Waals surface area contributed by atoms with E-state index in [1.54, 1.807) is 18.0 Å². The lowest BCUT2D eigenvalue weighted by Gasteiger charge is -2.20. The largest absolute Gasteiger partial charge is 0.486 e. The van der Waals surface area contributed by atoms with Crippen LogP contribution in [0.1, 0.15) is 5.56 Å². The number of thioether (sulfide) groups is 1. The molecule has 0 radical (unpaired) electrons. The first-order chi connectivity index (χ1) is 9.33. The Bertz CT molecular complexity index is 575. The SMILES string of the molecule is Nc1cc2c(cc1CSc1ccccn1)OCCO2. The smallest absolute Gasteiger partial charge is 0.163 e. The number of ether oxygens (including phenoxy) is 2. The Morgan fingerprint density at radius 1 is 1.16 bits per heavy atom. The van der Waals surface area contributed by atoms with Crippen molar-refractivity contribution in [3.8, 4) is 11.5 Å². The van der Waals surface area contributed by atoms with Gasteiger partial charge in [0.15, 0.2) is 11.5 Å². The van der Waals surface area contributed by atoms with E-state index >= 15 is 0 Å². The average molecular weight is 274 g/mol. The Balaban J connectivity index is 1.77. The highest BCUT2D eigenvalue weighted by atomic mass is 32.2. The van der Waals surface area contributed by atoms with Gasteiger partial charge in [-0.3, -0.25) is 0 Å². The predicted octanol–water partition coefficient (Wildman–Crippen LogP) is 2.73. The van der Waals surface area contributed by atoms with Gasteiger partial charge in [0, 0.05) is 23.7 Å². The van der Waals surface area contributed by atoms with Crippen molar-refractivity contribution >= 4 is 17.4 Å². The van der Waals surface area contributed by atoms with E-state index in [1.807, 2.05) is 30.3 Å². The normalized spacial score (nSPS) is 13.3. The molecular formula is C14H14N2O2S. The fourth-order valence-electron chi connectivity index (χ4n) is 1.86. The molecule has 0 aliphatic carbocycles. The highest BCUT2D eigenvalue weighted by Crippen LogP contribution is 2.36. The Hall–Kier alpha value is -1.88. The van der Waals surface area contributed by atoms with Crippen LogP contribution < -0.4 is 15.2 Å². The molecule has 4 nitrogen and oxygen atoms in total. The molecule has 0 amide bonds. The number of hydrogen-bond donors (Lipinski definition) is 1. The van der Waals surface area contributed by atoms with E-state index in [-0.39, 0.29) is 0 Å². The van der Waals surface area contributed by atoms with Crippen molar-refractivity contribution in [2.45, 2.75) is 10.8 Å². The Kier molecular flexibility index (Phi) is 3.46. The molecule has 0 spiro atoms. The molecule has 3 rings (SSSR count). The van der Waals surface area contributed by atoms with E-state index in [0.29, 0.717) is 13.2 Å². The van der Waals surface area contributed by atoms with Crippen molar-refractivity contribution in [2.24, 2.45) is 0 Å². The van der Waals surface area contributed by atoms with Crippen LogP contribution in [0, 0.1) is 0 Å². The van der Waals surface area contributed by atoms with Gasteiger partial charge >= 0.3 is 0 Å². The molecule has 19 heavy (non-hydrogen) atoms. The van der Waals surface area contributed by atoms with Crippen molar-refractivity contribution in [1.29, 1.82) is 0 Å². The molecule has 0 saturated heterocycles. The van der Waals surface area contributed by atoms with Crippen molar-refractivity contribution < 1.29 is 9.47 Å². The fourth-order valence-corrected chi connectivity index (χ4v) is 2.72. The van der Waals surface area contributed by atoms with E-state index in [1.165, 1.54) is 0 Å². The number of benzene rings is 1. The maximum absolute atomic E-state index is 6.04. The molecule has 5 heteroatoms. The van der Waals surface area contributed by atoms with Crippen LogP contribution in [-0.2, 0) is 5.75 Å². The predicted molar refractivity (Wildman–Crippen MR) is 75.6 cm³/mol. The van der Waals surface area contributed by atoms with E-state index < -0.39 is 0 Å². The van der Waals surface area contributed by atoms with Crippen LogP contribution >= 0.6 is 11.8 Å². The summed E-state index contributed by atoms with van der Waals surface area (Å²) >= 11 is 1.65. The van der Waals surface area contributed by atoms with Crippen LogP contribution in [0.25, 0.3) is 0 Å². The summed E-state index contributed by atoms with van der Waals surface area (Å²) in [6, 6.07) is 9.66. The van der Waals surface area contributed by atoms with Crippen molar-refractivity contribution in [2.75, 3.05) is 18.9 Å². The van der Waals surface area contributed by atoms with Crippen LogP contribution in [0.5, 0.6) is 11.5 Å². The second-order valence-electron chi connectivity index (χ2n) is 4.15. The van der Waals surface area contributed by atoms with Gasteiger partial charge in [-0.05, 0) is 23.8 Å². The minimum absolute atomic E-state index is 0.578. The standard InChI is InChI=1S/C14H14N2O2S/c15-11-8-13-12(17-5-6-18-13)7-10(11)9-19-14-3-1-2-4-16-14/h1-4,7-8H,5-6,9,15H2. The zero-order chi connectivity index (χ0) is 13.1. The second-order valence-corrected chi connectivity index (χ2v) is 5.15. The minimum Gasteiger partial charge on any atom is -0.486 e. The second kappa shape index (κ2) is 5.40. The molecule has 0 fully saturated rings. The average Bonchev–Trinajstić information content (AvgIpc) is 2.46. The molecule has 0 bridgehead atoms. The van der Waals surface area contributed by atoms with Crippen LogP contribution in [0.15, 0.2) is 41.6 Å². The number of fused-ring (bicyclic) bond motifs is 1. The number of hydrogen-bond acceptors (Lipinski definition) is 5. The van der Waals surface area contributed by atoms with E-state index in [9.17, 15) is 0 Å². The van der Waals surface area contributed by atoms with Crippen LogP contribution in [0.2, 0.25) is 0 Å². The summed E-state index contributed by atoms with van der Waals surface area (Å²) in [7, 11) is 0. The molecule has 2 N–H and O–H groups in total. The lowest BCUT2D eigenvalue weighted by molar-refractivity contribution is 0.171. The zero-order valence-electron chi connectivity index (χ0n) is 10.3. The Morgan fingerprint density at radius 3 is 2.68 bits per heavy atom. The van der Waals surface area contributed by atoms with Crippen LogP contribution in [-0.4, -0.2) is 18.2 Å². The number of nitrogen functional groups attached to an aromatic ring is 1. The van der Waals surface area contributed by atoms with Gasteiger partial charge < -0.3 is 15.2 Å². The molecule has 0 saturated carbocycles. The summed E-state index contributed by atoms with van der Waals surface area (Å²) in [6.45, 7) is 1.16. The molecule has 1 aliphatic rings. The van der Waals surface area contributed by atoms with Gasteiger partial charge in [0.2, 0.25) is 0 Å². The van der Waals surface area contributed by atoms with Gasteiger partial charge in [0.05, 0.1) is 5.03 Å². The zero-order valence-corrected chi connectivity index (χ0v) is 11.2. The summed E-state index contributed by atoms with van der Waals surface area (Å²) in [5.41, 5.74) is 7.81. The number of anilines is 1. The third-order valence-corrected chi connectivity index (χ3v) is 3.81. The molecule has 2 heterocycles. The topological polar surface area (TPSA) is 57.4 Å². The number of nitrogens with zero attached hydrogens (tertiary/aromatic N) is 1. The monoisotopic (exact) mass is 274 g/mol. The van der Waals surface area contributed by atoms with Crippen molar-refractivity contribution in [3.05, 3.63) is 42.1 Å². The van der Waals surface area contributed by atoms with E-state index in [2.05, 4.69) is 4.98 Å². The highest BCUT2D eigenvalue weighted by molar-refractivity contribution is 7.98. The van der Waals surface area contributed by atoms with Gasteiger partial charge in [-0.1, -0.05) is 6.07 Å². The van der Waals surface area contributed by atoms with E-state index in [4.69, 9.17) is 15.2 Å². The Labute approximate surface area is 115 Å². The molecule has 98 valence electrons. The molecule has 0 unspecified atom stereocenters. The number of rotatable bonds is 3. The van der Waals surface area contributed by atoms with Crippen molar-refractivity contribution in [3.63, 3.8) is 0 Å². The van der Waals surface area contributed by atoms with Crippen LogP contribution in [0.4, 0.5) is 5.69 Å². The fraction of sp³-hybridized carbons (Fsp3) is 0.214. The van der Waals surface area contributed by atoms with Gasteiger partial charge in [0.25, 0.3) is 0 Å². The van der Waals surface area contributed by atoms with Crippen LogP contribution in [0.3, 0.4) is 0 Å². The maximum Gasteiger partial charge on any atom is 0.163 e. The molecular weight excluding hydrogens is 260 g/mol. The first-order valence-electron chi connectivity index (χ1n) is 6.05. The quantitative estimate of drug-likeness (QED) is 0.689. The molecule has 1 aromatic heterocycles. The lowest BCUT2D eigenvalue weighted by atomic mass is 10.2. The first kappa shape index (κ1) is 12.2. The van der Waals surface area contributed by atoms with Gasteiger partial charge in [-0.15, -0.1) is 11.8 Å². The minimum atomic E-state index is 0.578. The summed E-state index contributed by atoms with van der Waals surface area (Å²) < 4.78 is 11.1. The Morgan fingerprint density at radius 2 is 1.95 bits per heavy atom. The van der Waals surface area contributed by atoms with Gasteiger partial charge in [-0.2, -0.15) is 0 Å². The summed E-state index contributed by atoms with van der Waals surface area (Å²) in [6.07, 6.45) is 1.79. The van der Waals surface area contributed by atoms with Gasteiger partial charge in [-0.25, -0.2) is 4.98 Å². The molecule has 1 aromatic carbocycles. The summed E-state index contributed by atoms with van der Waals surface area (Å²) in [4.78, 5) is 4.28. The molecule has 0 atom stereocenters. The summed E-state index contributed by atoms with van der Waals surface area (Å²) in [5, 5.41) is 0.983. The number of pyridine rings is 1. The third kappa shape index (κ3) is 2.76. The first-order valence-corrected chi connectivity index (χ1v) is 7.03. The molecule has 1 aliphatic heterocycles. The third-order valence-electron chi connectivity index (χ3n) is 2.82.